The summed E-state index contributed by atoms with van der Waals surface area (Å²) in [6, 6.07) is 0.406. The van der Waals surface area contributed by atoms with Gasteiger partial charge in [-0.3, -0.25) is 4.99 Å². The summed E-state index contributed by atoms with van der Waals surface area (Å²) in [6.07, 6.45) is 6.90. The number of hydrogen-bond donors (Lipinski definition) is 2. The molecule has 1 fully saturated rings. The Morgan fingerprint density at radius 1 is 1.30 bits per heavy atom. The van der Waals surface area contributed by atoms with Crippen LogP contribution in [0.5, 0.6) is 0 Å². The molecule has 2 N–H and O–H groups in total. The Hall–Kier alpha value is -0.0400. The molecule has 0 amide bonds. The average molecular weight is 397 g/mol. The topological polar surface area (TPSA) is 45.6 Å². The van der Waals surface area contributed by atoms with Crippen molar-refractivity contribution in [1.82, 2.24) is 10.6 Å². The van der Waals surface area contributed by atoms with Crippen molar-refractivity contribution < 1.29 is 4.74 Å². The van der Waals surface area contributed by atoms with Crippen molar-refractivity contribution in [2.45, 2.75) is 65.0 Å². The number of nitrogens with zero attached hydrogens (tertiary/aromatic N) is 1. The summed E-state index contributed by atoms with van der Waals surface area (Å²) in [5.41, 5.74) is 0. The van der Waals surface area contributed by atoms with Crippen molar-refractivity contribution in [1.29, 1.82) is 0 Å². The predicted octanol–water partition coefficient (Wildman–Crippen LogP) is 3.16. The van der Waals surface area contributed by atoms with Gasteiger partial charge in [-0.15, -0.1) is 24.0 Å². The largest absolute Gasteiger partial charge is 0.378 e. The molecule has 0 aromatic rings. The van der Waals surface area contributed by atoms with E-state index in [0.717, 1.165) is 31.4 Å². The summed E-state index contributed by atoms with van der Waals surface area (Å²) in [4.78, 5) is 4.22. The molecule has 0 aromatic carbocycles. The molecule has 1 aliphatic carbocycles. The molecular formula is C15H32IN3O. The molecule has 0 aliphatic heterocycles. The van der Waals surface area contributed by atoms with Gasteiger partial charge in [0.1, 0.15) is 0 Å². The molecule has 120 valence electrons. The molecule has 4 nitrogen and oxygen atoms in total. The van der Waals surface area contributed by atoms with E-state index in [1.165, 1.54) is 25.7 Å². The monoisotopic (exact) mass is 397 g/mol. The van der Waals surface area contributed by atoms with Crippen molar-refractivity contribution in [3.8, 4) is 0 Å². The molecule has 1 unspecified atom stereocenters. The minimum Gasteiger partial charge on any atom is -0.378 e. The van der Waals surface area contributed by atoms with Crippen LogP contribution >= 0.6 is 24.0 Å². The average Bonchev–Trinajstić information content (AvgIpc) is 2.89. The van der Waals surface area contributed by atoms with Crippen LogP contribution in [0.2, 0.25) is 0 Å². The molecule has 0 spiro atoms. The number of ether oxygens (including phenoxy) is 1. The first-order chi connectivity index (χ1) is 9.17. The van der Waals surface area contributed by atoms with Gasteiger partial charge in [0.25, 0.3) is 0 Å². The maximum atomic E-state index is 5.92. The third-order valence-electron chi connectivity index (χ3n) is 3.68. The highest BCUT2D eigenvalue weighted by Gasteiger charge is 2.24. The molecule has 5 heteroatoms. The number of guanidine groups is 1. The zero-order valence-electron chi connectivity index (χ0n) is 13.4. The van der Waals surface area contributed by atoms with E-state index >= 15 is 0 Å². The van der Waals surface area contributed by atoms with Gasteiger partial charge in [0.05, 0.1) is 6.10 Å². The molecular weight excluding hydrogens is 365 g/mol. The smallest absolute Gasteiger partial charge is 0.191 e. The standard InChI is InChI=1S/C15H31N3O.HI/c1-5-19-14(13-8-6-7-9-13)10-11-17-15(16-4)18-12(2)3;/h12-14H,5-11H2,1-4H3,(H2,16,17,18);1H. The Kier molecular flexibility index (Phi) is 11.6. The first-order valence-electron chi connectivity index (χ1n) is 7.76. The number of hydrogen-bond acceptors (Lipinski definition) is 2. The van der Waals surface area contributed by atoms with Gasteiger partial charge >= 0.3 is 0 Å². The van der Waals surface area contributed by atoms with Gasteiger partial charge < -0.3 is 15.4 Å². The van der Waals surface area contributed by atoms with Crippen LogP contribution in [0.15, 0.2) is 4.99 Å². The van der Waals surface area contributed by atoms with Crippen LogP contribution in [0, 0.1) is 5.92 Å². The van der Waals surface area contributed by atoms with Gasteiger partial charge in [0.2, 0.25) is 0 Å². The van der Waals surface area contributed by atoms with Gasteiger partial charge in [-0.25, -0.2) is 0 Å². The maximum absolute atomic E-state index is 5.92. The Labute approximate surface area is 141 Å². The lowest BCUT2D eigenvalue weighted by Crippen LogP contribution is -2.42. The summed E-state index contributed by atoms with van der Waals surface area (Å²) in [7, 11) is 1.81. The molecule has 20 heavy (non-hydrogen) atoms. The lowest BCUT2D eigenvalue weighted by molar-refractivity contribution is 0.0169. The highest BCUT2D eigenvalue weighted by atomic mass is 127. The van der Waals surface area contributed by atoms with Gasteiger partial charge in [-0.1, -0.05) is 12.8 Å². The van der Waals surface area contributed by atoms with Gasteiger partial charge in [0, 0.05) is 26.2 Å². The number of nitrogens with one attached hydrogen (secondary N) is 2. The highest BCUT2D eigenvalue weighted by Crippen LogP contribution is 2.30. The molecule has 1 rings (SSSR count). The van der Waals surface area contributed by atoms with E-state index in [0.29, 0.717) is 12.1 Å². The minimum absolute atomic E-state index is 0. The van der Waals surface area contributed by atoms with Crippen molar-refractivity contribution >= 4 is 29.9 Å². The van der Waals surface area contributed by atoms with Crippen LogP contribution in [-0.2, 0) is 4.74 Å². The number of halogens is 1. The van der Waals surface area contributed by atoms with Crippen molar-refractivity contribution in [2.75, 3.05) is 20.2 Å². The Morgan fingerprint density at radius 3 is 2.45 bits per heavy atom. The predicted molar refractivity (Wildman–Crippen MR) is 97.0 cm³/mol. The van der Waals surface area contributed by atoms with Gasteiger partial charge in [-0.2, -0.15) is 0 Å². The molecule has 0 bridgehead atoms. The lowest BCUT2D eigenvalue weighted by atomic mass is 9.98. The second-order valence-corrected chi connectivity index (χ2v) is 5.63. The lowest BCUT2D eigenvalue weighted by Gasteiger charge is -2.24. The van der Waals surface area contributed by atoms with Gasteiger partial charge in [0.15, 0.2) is 5.96 Å². The van der Waals surface area contributed by atoms with Crippen LogP contribution in [0.25, 0.3) is 0 Å². The summed E-state index contributed by atoms with van der Waals surface area (Å²) < 4.78 is 5.92. The normalized spacial score (nSPS) is 17.9. The van der Waals surface area contributed by atoms with Crippen LogP contribution in [-0.4, -0.2) is 38.3 Å². The summed E-state index contributed by atoms with van der Waals surface area (Å²) in [6.45, 7) is 8.07. The molecule has 0 aromatic heterocycles. The summed E-state index contributed by atoms with van der Waals surface area (Å²) in [5.74, 6) is 1.65. The van der Waals surface area contributed by atoms with E-state index in [4.69, 9.17) is 4.74 Å². The first-order valence-corrected chi connectivity index (χ1v) is 7.76. The van der Waals surface area contributed by atoms with Crippen molar-refractivity contribution in [2.24, 2.45) is 10.9 Å². The maximum Gasteiger partial charge on any atom is 0.191 e. The van der Waals surface area contributed by atoms with Crippen LogP contribution in [0.1, 0.15) is 52.9 Å². The SMILES string of the molecule is CCOC(CCNC(=NC)NC(C)C)C1CCCC1.I. The van der Waals surface area contributed by atoms with Crippen molar-refractivity contribution in [3.05, 3.63) is 0 Å². The Morgan fingerprint density at radius 2 is 1.95 bits per heavy atom. The summed E-state index contributed by atoms with van der Waals surface area (Å²) >= 11 is 0. The van der Waals surface area contributed by atoms with E-state index in [-0.39, 0.29) is 24.0 Å². The van der Waals surface area contributed by atoms with E-state index in [1.54, 1.807) is 0 Å². The van der Waals surface area contributed by atoms with E-state index in [1.807, 2.05) is 7.05 Å². The fourth-order valence-electron chi connectivity index (χ4n) is 2.80. The second kappa shape index (κ2) is 11.6. The molecule has 0 heterocycles. The van der Waals surface area contributed by atoms with E-state index < -0.39 is 0 Å². The molecule has 0 saturated heterocycles. The molecule has 1 atom stereocenters. The van der Waals surface area contributed by atoms with Crippen LogP contribution in [0.3, 0.4) is 0 Å². The Bertz CT molecular complexity index is 266. The zero-order chi connectivity index (χ0) is 14.1. The molecule has 1 aliphatic rings. The van der Waals surface area contributed by atoms with Crippen LogP contribution < -0.4 is 10.6 Å². The highest BCUT2D eigenvalue weighted by molar-refractivity contribution is 14.0. The quantitative estimate of drug-likeness (QED) is 0.394. The fourth-order valence-corrected chi connectivity index (χ4v) is 2.80. The minimum atomic E-state index is 0. The van der Waals surface area contributed by atoms with E-state index in [9.17, 15) is 0 Å². The van der Waals surface area contributed by atoms with Gasteiger partial charge in [-0.05, 0) is 46.0 Å². The first kappa shape index (κ1) is 20.0. The third-order valence-corrected chi connectivity index (χ3v) is 3.68. The second-order valence-electron chi connectivity index (χ2n) is 5.63. The van der Waals surface area contributed by atoms with Crippen LogP contribution in [0.4, 0.5) is 0 Å². The fraction of sp³-hybridized carbons (Fsp3) is 0.933. The van der Waals surface area contributed by atoms with Crippen molar-refractivity contribution in [3.63, 3.8) is 0 Å². The number of rotatable bonds is 7. The zero-order valence-corrected chi connectivity index (χ0v) is 15.8. The summed E-state index contributed by atoms with van der Waals surface area (Å²) in [5, 5.41) is 6.67. The van der Waals surface area contributed by atoms with E-state index in [2.05, 4.69) is 36.4 Å². The molecule has 1 saturated carbocycles. The Balaban J connectivity index is 0.00000361. The number of aliphatic imine (C=N–C) groups is 1. The third kappa shape index (κ3) is 7.67. The molecule has 0 radical (unpaired) electrons.